The molecule has 1 aromatic heterocycles. The van der Waals surface area contributed by atoms with Gasteiger partial charge >= 0.3 is 0 Å². The van der Waals surface area contributed by atoms with Crippen LogP contribution in [0.25, 0.3) is 105 Å². The Bertz CT molecular complexity index is 4070. The summed E-state index contributed by atoms with van der Waals surface area (Å²) >= 11 is 0. The quantitative estimate of drug-likeness (QED) is 0.133. The molecule has 0 aliphatic carbocycles. The van der Waals surface area contributed by atoms with Gasteiger partial charge in [-0.15, -0.1) is 0 Å². The second-order valence-electron chi connectivity index (χ2n) is 18.4. The summed E-state index contributed by atoms with van der Waals surface area (Å²) < 4.78 is 2.43. The van der Waals surface area contributed by atoms with Gasteiger partial charge in [-0.2, -0.15) is 0 Å². The number of aromatic nitrogens is 1. The van der Waals surface area contributed by atoms with Crippen LogP contribution in [0.3, 0.4) is 0 Å². The van der Waals surface area contributed by atoms with Crippen molar-refractivity contribution in [2.75, 3.05) is 4.90 Å². The van der Waals surface area contributed by atoms with Gasteiger partial charge in [0, 0.05) is 39.0 Å². The van der Waals surface area contributed by atoms with Crippen molar-refractivity contribution < 1.29 is 0 Å². The van der Waals surface area contributed by atoms with E-state index in [0.29, 0.717) is 0 Å². The van der Waals surface area contributed by atoms with E-state index in [1.165, 1.54) is 77.1 Å². The largest absolute Gasteiger partial charge is 0.310 e. The number of nitrogens with zero attached hydrogens (tertiary/aromatic N) is 2. The molecule has 0 atom stereocenters. The molecule has 0 bridgehead atoms. The third kappa shape index (κ3) is 7.63. The molecule has 13 rings (SSSR count). The number of rotatable bonds is 10. The third-order valence-corrected chi connectivity index (χ3v) is 14.2. The minimum atomic E-state index is 1.06. The zero-order valence-corrected chi connectivity index (χ0v) is 39.6. The average Bonchev–Trinajstić information content (AvgIpc) is 3.81. The zero-order chi connectivity index (χ0) is 47.8. The summed E-state index contributed by atoms with van der Waals surface area (Å²) in [6, 6.07) is 106. The number of para-hydroxylation sites is 4. The van der Waals surface area contributed by atoms with Crippen molar-refractivity contribution in [3.8, 4) is 72.4 Å². The normalized spacial score (nSPS) is 11.3. The predicted octanol–water partition coefficient (Wildman–Crippen LogP) is 19.4. The van der Waals surface area contributed by atoms with E-state index in [2.05, 4.69) is 301 Å². The lowest BCUT2D eigenvalue weighted by Gasteiger charge is -2.29. The Balaban J connectivity index is 0.970. The first-order valence-corrected chi connectivity index (χ1v) is 24.8. The molecule has 1 heterocycles. The zero-order valence-electron chi connectivity index (χ0n) is 39.6. The van der Waals surface area contributed by atoms with Gasteiger partial charge in [0.25, 0.3) is 0 Å². The van der Waals surface area contributed by atoms with Crippen molar-refractivity contribution in [1.82, 2.24) is 4.57 Å². The number of fused-ring (bicyclic) bond motifs is 4. The Morgan fingerprint density at radius 1 is 0.250 bits per heavy atom. The van der Waals surface area contributed by atoms with E-state index in [9.17, 15) is 0 Å². The summed E-state index contributed by atoms with van der Waals surface area (Å²) in [7, 11) is 0. The molecule has 2 nitrogen and oxygen atoms in total. The van der Waals surface area contributed by atoms with E-state index in [-0.39, 0.29) is 0 Å². The van der Waals surface area contributed by atoms with Crippen LogP contribution in [0, 0.1) is 0 Å². The van der Waals surface area contributed by atoms with Crippen LogP contribution in [0.1, 0.15) is 0 Å². The summed E-state index contributed by atoms with van der Waals surface area (Å²) in [5.74, 6) is 0. The minimum Gasteiger partial charge on any atom is -0.310 e. The molecular weight excluding hydrogens is 869 g/mol. The van der Waals surface area contributed by atoms with Gasteiger partial charge in [0.1, 0.15) is 0 Å². The minimum absolute atomic E-state index is 1.06. The summed E-state index contributed by atoms with van der Waals surface area (Å²) in [4.78, 5) is 2.44. The Morgan fingerprint density at radius 3 is 1.49 bits per heavy atom. The molecule has 0 amide bonds. The first-order chi connectivity index (χ1) is 35.7. The van der Waals surface area contributed by atoms with Crippen LogP contribution in [0.5, 0.6) is 0 Å². The highest BCUT2D eigenvalue weighted by molar-refractivity contribution is 6.14. The summed E-state index contributed by atoms with van der Waals surface area (Å²) in [5, 5.41) is 4.98. The summed E-state index contributed by atoms with van der Waals surface area (Å²) in [6.45, 7) is 0. The molecule has 72 heavy (non-hydrogen) atoms. The second kappa shape index (κ2) is 18.4. The smallest absolute Gasteiger partial charge is 0.0619 e. The molecule has 0 spiro atoms. The van der Waals surface area contributed by atoms with Crippen molar-refractivity contribution in [2.45, 2.75) is 0 Å². The maximum absolute atomic E-state index is 2.44. The average molecular weight is 917 g/mol. The summed E-state index contributed by atoms with van der Waals surface area (Å²) in [6.07, 6.45) is 0. The number of benzene rings is 12. The summed E-state index contributed by atoms with van der Waals surface area (Å²) in [5.41, 5.74) is 20.9. The van der Waals surface area contributed by atoms with E-state index in [0.717, 1.165) is 45.0 Å². The number of anilines is 3. The van der Waals surface area contributed by atoms with E-state index < -0.39 is 0 Å². The molecule has 0 fully saturated rings. The molecule has 0 saturated carbocycles. The molecule has 0 saturated heterocycles. The second-order valence-corrected chi connectivity index (χ2v) is 18.4. The van der Waals surface area contributed by atoms with E-state index in [1.807, 2.05) is 0 Å². The van der Waals surface area contributed by atoms with Crippen molar-refractivity contribution in [3.05, 3.63) is 291 Å². The number of hydrogen-bond acceptors (Lipinski definition) is 1. The van der Waals surface area contributed by atoms with Gasteiger partial charge < -0.3 is 9.47 Å². The van der Waals surface area contributed by atoms with Gasteiger partial charge in [0.05, 0.1) is 16.7 Å². The fourth-order valence-electron chi connectivity index (χ4n) is 10.9. The lowest BCUT2D eigenvalue weighted by Crippen LogP contribution is -2.11. The molecular formula is C70H48N2. The molecule has 12 aromatic carbocycles. The van der Waals surface area contributed by atoms with Crippen LogP contribution >= 0.6 is 0 Å². The monoisotopic (exact) mass is 916 g/mol. The standard InChI is InChI=1S/C70H48N2/c1-3-20-51(21-4-1)60-29-9-10-30-62(60)63-31-11-12-32-64(63)65-33-13-15-38-68(65)71(56-46-44-50(45-47-56)49-40-42-53(43-41-49)59-35-18-23-52-22-7-8-28-58(52)59)57-27-17-24-54(48-57)61-36-19-37-67-66-34-14-16-39-69(66)72(70(61)67)55-25-5-2-6-26-55/h1-48H. The van der Waals surface area contributed by atoms with Crippen LogP contribution in [0.2, 0.25) is 0 Å². The highest BCUT2D eigenvalue weighted by Crippen LogP contribution is 2.47. The molecule has 0 aliphatic heterocycles. The molecule has 2 heteroatoms. The van der Waals surface area contributed by atoms with Gasteiger partial charge in [-0.05, 0) is 115 Å². The number of hydrogen-bond donors (Lipinski definition) is 0. The van der Waals surface area contributed by atoms with Crippen LogP contribution in [0.4, 0.5) is 17.1 Å². The lowest BCUT2D eigenvalue weighted by molar-refractivity contribution is 1.18. The maximum atomic E-state index is 2.44. The predicted molar refractivity (Wildman–Crippen MR) is 306 cm³/mol. The van der Waals surface area contributed by atoms with Crippen LogP contribution in [0.15, 0.2) is 291 Å². The van der Waals surface area contributed by atoms with Crippen LogP contribution < -0.4 is 4.90 Å². The highest BCUT2D eigenvalue weighted by Gasteiger charge is 2.22. The molecule has 0 radical (unpaired) electrons. The fourth-order valence-corrected chi connectivity index (χ4v) is 10.9. The molecule has 338 valence electrons. The third-order valence-electron chi connectivity index (χ3n) is 14.2. The van der Waals surface area contributed by atoms with Crippen molar-refractivity contribution in [2.24, 2.45) is 0 Å². The molecule has 0 aliphatic rings. The lowest BCUT2D eigenvalue weighted by atomic mass is 9.88. The van der Waals surface area contributed by atoms with E-state index in [4.69, 9.17) is 0 Å². The van der Waals surface area contributed by atoms with Gasteiger partial charge in [-0.3, -0.25) is 0 Å². The Labute approximate surface area is 420 Å². The van der Waals surface area contributed by atoms with E-state index >= 15 is 0 Å². The van der Waals surface area contributed by atoms with Gasteiger partial charge in [-0.25, -0.2) is 0 Å². The Hall–Kier alpha value is -9.50. The van der Waals surface area contributed by atoms with Crippen molar-refractivity contribution >= 4 is 49.6 Å². The SMILES string of the molecule is c1ccc(-c2ccccc2-c2ccccc2-c2ccccc2N(c2ccc(-c3ccc(-c4cccc5ccccc45)cc3)cc2)c2cccc(-c3cccc4c5ccccc5n(-c5ccccc5)c34)c2)cc1. The Morgan fingerprint density at radius 2 is 0.722 bits per heavy atom. The maximum Gasteiger partial charge on any atom is 0.0619 e. The highest BCUT2D eigenvalue weighted by atomic mass is 15.1. The topological polar surface area (TPSA) is 8.17 Å². The first kappa shape index (κ1) is 42.6. The Kier molecular flexibility index (Phi) is 10.9. The van der Waals surface area contributed by atoms with Crippen LogP contribution in [-0.2, 0) is 0 Å². The molecule has 0 N–H and O–H groups in total. The van der Waals surface area contributed by atoms with Crippen molar-refractivity contribution in [3.63, 3.8) is 0 Å². The molecule has 0 unspecified atom stereocenters. The van der Waals surface area contributed by atoms with Gasteiger partial charge in [-0.1, -0.05) is 243 Å². The van der Waals surface area contributed by atoms with Crippen LogP contribution in [-0.4, -0.2) is 4.57 Å². The first-order valence-electron chi connectivity index (χ1n) is 24.8. The van der Waals surface area contributed by atoms with Gasteiger partial charge in [0.15, 0.2) is 0 Å². The fraction of sp³-hybridized carbons (Fsp3) is 0. The molecule has 13 aromatic rings. The van der Waals surface area contributed by atoms with Crippen molar-refractivity contribution in [1.29, 1.82) is 0 Å². The van der Waals surface area contributed by atoms with Gasteiger partial charge in [0.2, 0.25) is 0 Å². The van der Waals surface area contributed by atoms with E-state index in [1.54, 1.807) is 0 Å².